The second-order valence-corrected chi connectivity index (χ2v) is 6.29. The third kappa shape index (κ3) is 3.87. The lowest BCUT2D eigenvalue weighted by Crippen LogP contribution is -3.00. The minimum absolute atomic E-state index is 0. The minimum Gasteiger partial charge on any atom is -1.00 e. The highest BCUT2D eigenvalue weighted by Gasteiger charge is 2.23. The topological polar surface area (TPSA) is 28.8 Å². The maximum Gasteiger partial charge on any atom is 0.304 e. The molecule has 0 spiro atoms. The average molecular weight is 366 g/mol. The van der Waals surface area contributed by atoms with Gasteiger partial charge in [-0.1, -0.05) is 54.6 Å². The van der Waals surface area contributed by atoms with Gasteiger partial charge in [-0.15, -0.1) is 0 Å². The first-order valence-corrected chi connectivity index (χ1v) is 8.58. The van der Waals surface area contributed by atoms with E-state index in [1.807, 2.05) is 59.3 Å². The van der Waals surface area contributed by atoms with E-state index in [2.05, 4.69) is 41.7 Å². The third-order valence-corrected chi connectivity index (χ3v) is 4.60. The quantitative estimate of drug-likeness (QED) is 0.559. The lowest BCUT2D eigenvalue weighted by Gasteiger charge is -1.97. The molecule has 0 atom stereocenters. The van der Waals surface area contributed by atoms with Crippen molar-refractivity contribution in [1.29, 1.82) is 0 Å². The van der Waals surface area contributed by atoms with Gasteiger partial charge in [0.1, 0.15) is 0 Å². The maximum atomic E-state index is 4.78. The number of aromatic nitrogens is 2. The Morgan fingerprint density at radius 1 is 0.720 bits per heavy atom. The van der Waals surface area contributed by atoms with E-state index >= 15 is 0 Å². The third-order valence-electron chi connectivity index (χ3n) is 3.62. The number of anilines is 2. The lowest BCUT2D eigenvalue weighted by molar-refractivity contribution is -0.642. The first-order chi connectivity index (χ1) is 11.9. The van der Waals surface area contributed by atoms with Crippen LogP contribution in [0.15, 0.2) is 91.0 Å². The number of nitrogens with zero attached hydrogens (tertiary/aromatic N) is 2. The standard InChI is InChI=1S/C20H16N3S.ClH/c1-4-10-16(11-5-1)19-23(18-14-8-3-9-15-18)22-20(24-19)21-17-12-6-2-7-13-17;/h1-15H,(H,21,22);1H/q+1;/p-1. The van der Waals surface area contributed by atoms with E-state index in [1.165, 1.54) is 0 Å². The van der Waals surface area contributed by atoms with E-state index in [4.69, 9.17) is 5.10 Å². The molecule has 1 aromatic heterocycles. The summed E-state index contributed by atoms with van der Waals surface area (Å²) >= 11 is 1.64. The molecule has 124 valence electrons. The van der Waals surface area contributed by atoms with Crippen molar-refractivity contribution >= 4 is 22.2 Å². The second-order valence-electron chi connectivity index (χ2n) is 5.32. The number of rotatable bonds is 4. The molecule has 0 saturated carbocycles. The predicted octanol–water partition coefficient (Wildman–Crippen LogP) is 1.83. The molecule has 4 aromatic rings. The monoisotopic (exact) mass is 365 g/mol. The summed E-state index contributed by atoms with van der Waals surface area (Å²) in [5, 5.41) is 10.1. The molecule has 0 bridgehead atoms. The van der Waals surface area contributed by atoms with Crippen molar-refractivity contribution in [2.24, 2.45) is 0 Å². The van der Waals surface area contributed by atoms with Gasteiger partial charge in [0, 0.05) is 22.9 Å². The summed E-state index contributed by atoms with van der Waals surface area (Å²) in [7, 11) is 0. The molecular weight excluding hydrogens is 350 g/mol. The zero-order valence-corrected chi connectivity index (χ0v) is 14.9. The molecule has 0 saturated heterocycles. The smallest absolute Gasteiger partial charge is 0.304 e. The zero-order chi connectivity index (χ0) is 16.2. The fourth-order valence-corrected chi connectivity index (χ4v) is 3.45. The number of nitrogens with one attached hydrogen (secondary N) is 1. The predicted molar refractivity (Wildman–Crippen MR) is 98.8 cm³/mol. The van der Waals surface area contributed by atoms with Gasteiger partial charge in [0.15, 0.2) is 0 Å². The summed E-state index contributed by atoms with van der Waals surface area (Å²) in [4.78, 5) is 0. The maximum absolute atomic E-state index is 4.78. The molecule has 3 nitrogen and oxygen atoms in total. The fourth-order valence-electron chi connectivity index (χ4n) is 2.49. The Hall–Kier alpha value is -2.69. The molecule has 0 unspecified atom stereocenters. The highest BCUT2D eigenvalue weighted by atomic mass is 35.5. The highest BCUT2D eigenvalue weighted by Crippen LogP contribution is 2.28. The number of para-hydroxylation sites is 2. The van der Waals surface area contributed by atoms with Gasteiger partial charge in [0.05, 0.1) is 5.56 Å². The van der Waals surface area contributed by atoms with E-state index in [9.17, 15) is 0 Å². The van der Waals surface area contributed by atoms with Crippen LogP contribution in [0.4, 0.5) is 10.8 Å². The normalized spacial score (nSPS) is 10.1. The van der Waals surface area contributed by atoms with Gasteiger partial charge in [0.2, 0.25) is 5.69 Å². The van der Waals surface area contributed by atoms with Gasteiger partial charge in [-0.25, -0.2) is 0 Å². The summed E-state index contributed by atoms with van der Waals surface area (Å²) in [5.74, 6) is 0. The molecule has 3 aromatic carbocycles. The molecule has 0 fully saturated rings. The van der Waals surface area contributed by atoms with Gasteiger partial charge in [0.25, 0.3) is 5.13 Å². The second kappa shape index (κ2) is 7.92. The Morgan fingerprint density at radius 2 is 1.28 bits per heavy atom. The summed E-state index contributed by atoms with van der Waals surface area (Å²) in [6.07, 6.45) is 0. The summed E-state index contributed by atoms with van der Waals surface area (Å²) in [5.41, 5.74) is 3.24. The van der Waals surface area contributed by atoms with E-state index in [0.717, 1.165) is 27.1 Å². The number of benzene rings is 3. The van der Waals surface area contributed by atoms with Crippen LogP contribution in [0.1, 0.15) is 0 Å². The number of hydrogen-bond acceptors (Lipinski definition) is 3. The Morgan fingerprint density at radius 3 is 1.92 bits per heavy atom. The molecule has 5 heteroatoms. The largest absolute Gasteiger partial charge is 1.00 e. The Bertz CT molecular complexity index is 868. The van der Waals surface area contributed by atoms with E-state index in [-0.39, 0.29) is 12.4 Å². The first kappa shape index (κ1) is 17.1. The van der Waals surface area contributed by atoms with E-state index in [0.29, 0.717) is 0 Å². The highest BCUT2D eigenvalue weighted by molar-refractivity contribution is 7.18. The SMILES string of the molecule is [Cl-].c1ccc(Nc2n[n+](-c3ccccc3)c(-c3ccccc3)s2)cc1. The Kier molecular flexibility index (Phi) is 5.43. The Balaban J connectivity index is 0.00000182. The van der Waals surface area contributed by atoms with Crippen molar-refractivity contribution in [3.63, 3.8) is 0 Å². The summed E-state index contributed by atoms with van der Waals surface area (Å²) < 4.78 is 1.99. The lowest BCUT2D eigenvalue weighted by atomic mass is 10.2. The molecule has 1 N–H and O–H groups in total. The van der Waals surface area contributed by atoms with Gasteiger partial charge in [-0.05, 0) is 40.3 Å². The summed E-state index contributed by atoms with van der Waals surface area (Å²) in [6.45, 7) is 0. The minimum atomic E-state index is 0. The molecule has 0 aliphatic carbocycles. The van der Waals surface area contributed by atoms with Gasteiger partial charge >= 0.3 is 5.01 Å². The van der Waals surface area contributed by atoms with E-state index in [1.54, 1.807) is 11.3 Å². The van der Waals surface area contributed by atoms with Crippen molar-refractivity contribution in [3.05, 3.63) is 91.0 Å². The Labute approximate surface area is 157 Å². The molecule has 0 amide bonds. The molecule has 0 aliphatic heterocycles. The molecule has 1 heterocycles. The zero-order valence-electron chi connectivity index (χ0n) is 13.3. The molecule has 4 rings (SSSR count). The molecular formula is C20H16ClN3S. The van der Waals surface area contributed by atoms with Gasteiger partial charge < -0.3 is 17.7 Å². The van der Waals surface area contributed by atoms with Gasteiger partial charge in [-0.3, -0.25) is 0 Å². The van der Waals surface area contributed by atoms with Crippen molar-refractivity contribution in [3.8, 4) is 16.3 Å². The van der Waals surface area contributed by atoms with Crippen LogP contribution in [0, 0.1) is 0 Å². The van der Waals surface area contributed by atoms with Crippen molar-refractivity contribution in [2.45, 2.75) is 0 Å². The molecule has 25 heavy (non-hydrogen) atoms. The van der Waals surface area contributed by atoms with Crippen molar-refractivity contribution in [2.75, 3.05) is 5.32 Å². The van der Waals surface area contributed by atoms with Crippen LogP contribution in [0.25, 0.3) is 16.3 Å². The molecule has 0 radical (unpaired) electrons. The van der Waals surface area contributed by atoms with Gasteiger partial charge in [-0.2, -0.15) is 0 Å². The molecule has 0 aliphatic rings. The van der Waals surface area contributed by atoms with Crippen LogP contribution in [0.2, 0.25) is 0 Å². The fraction of sp³-hybridized carbons (Fsp3) is 0. The number of hydrogen-bond donors (Lipinski definition) is 1. The average Bonchev–Trinajstić information content (AvgIpc) is 3.08. The van der Waals surface area contributed by atoms with E-state index < -0.39 is 0 Å². The van der Waals surface area contributed by atoms with Crippen LogP contribution in [-0.4, -0.2) is 5.10 Å². The van der Waals surface area contributed by atoms with Crippen LogP contribution in [-0.2, 0) is 0 Å². The van der Waals surface area contributed by atoms with Crippen LogP contribution in [0.5, 0.6) is 0 Å². The van der Waals surface area contributed by atoms with Crippen LogP contribution >= 0.6 is 11.3 Å². The number of halogens is 1. The van der Waals surface area contributed by atoms with Crippen LogP contribution in [0.3, 0.4) is 0 Å². The van der Waals surface area contributed by atoms with Crippen molar-refractivity contribution in [1.82, 2.24) is 5.10 Å². The van der Waals surface area contributed by atoms with Crippen LogP contribution < -0.4 is 22.4 Å². The first-order valence-electron chi connectivity index (χ1n) is 7.76. The summed E-state index contributed by atoms with van der Waals surface area (Å²) in [6, 6.07) is 30.7. The van der Waals surface area contributed by atoms with Crippen molar-refractivity contribution < 1.29 is 17.1 Å².